The van der Waals surface area contributed by atoms with E-state index in [2.05, 4.69) is 10.3 Å². The van der Waals surface area contributed by atoms with Crippen molar-refractivity contribution >= 4 is 29.0 Å². The quantitative estimate of drug-likeness (QED) is 0.621. The van der Waals surface area contributed by atoms with E-state index in [1.54, 1.807) is 17.3 Å². The number of amides is 2. The van der Waals surface area contributed by atoms with Crippen molar-refractivity contribution in [2.24, 2.45) is 5.73 Å². The van der Waals surface area contributed by atoms with Gasteiger partial charge in [0.15, 0.2) is 5.60 Å². The Morgan fingerprint density at radius 3 is 2.94 bits per heavy atom. The Morgan fingerprint density at radius 1 is 1.34 bits per heavy atom. The van der Waals surface area contributed by atoms with E-state index in [0.717, 1.165) is 52.9 Å². The molecule has 3 aliphatic rings. The van der Waals surface area contributed by atoms with Gasteiger partial charge >= 0.3 is 6.09 Å². The van der Waals surface area contributed by atoms with Crippen molar-refractivity contribution in [3.63, 3.8) is 0 Å². The summed E-state index contributed by atoms with van der Waals surface area (Å²) in [6.45, 7) is 1.89. The van der Waals surface area contributed by atoms with Crippen LogP contribution in [0.2, 0.25) is 0 Å². The first-order chi connectivity index (χ1) is 15.4. The third-order valence-corrected chi connectivity index (χ3v) is 6.46. The van der Waals surface area contributed by atoms with Gasteiger partial charge in [0.25, 0.3) is 0 Å². The van der Waals surface area contributed by atoms with Gasteiger partial charge in [0, 0.05) is 37.1 Å². The smallest absolute Gasteiger partial charge is 0.415 e. The first-order valence-electron chi connectivity index (χ1n) is 10.8. The molecule has 2 fully saturated rings. The van der Waals surface area contributed by atoms with Crippen LogP contribution in [0, 0.1) is 0 Å². The molecular formula is C24H26N5O3+. The second kappa shape index (κ2) is 7.47. The van der Waals surface area contributed by atoms with Crippen molar-refractivity contribution in [1.29, 1.82) is 0 Å². The highest BCUT2D eigenvalue weighted by atomic mass is 16.6. The number of rotatable bonds is 4. The number of allylic oxidation sites excluding steroid dienone is 2. The predicted molar refractivity (Wildman–Crippen MR) is 120 cm³/mol. The number of aromatic nitrogens is 1. The molecule has 1 aromatic carbocycles. The van der Waals surface area contributed by atoms with Gasteiger partial charge < -0.3 is 15.8 Å². The van der Waals surface area contributed by atoms with E-state index in [9.17, 15) is 9.59 Å². The fourth-order valence-corrected chi connectivity index (χ4v) is 4.74. The molecule has 2 aromatic rings. The largest absolute Gasteiger partial charge is 0.438 e. The van der Waals surface area contributed by atoms with Gasteiger partial charge in [0.1, 0.15) is 0 Å². The number of benzene rings is 1. The standard InChI is InChI=1S/C24H25N5O3/c1-14(30)28-20-11-24(20)13-29(23(31)32-24)17-7-8-18-15(10-17)4-2-6-19(25)21(18)22(26)16-5-3-9-27-12-16/h3,5,7-10,12,20,26H,2,4,6,11,13,25H2,1H3,(H,28,30)/p+1. The molecule has 1 aliphatic heterocycles. The number of carbonyl (C=O) groups is 2. The van der Waals surface area contributed by atoms with E-state index in [0.29, 0.717) is 18.7 Å². The molecule has 1 saturated heterocycles. The first kappa shape index (κ1) is 20.2. The third kappa shape index (κ3) is 3.41. The Bertz CT molecular complexity index is 1160. The van der Waals surface area contributed by atoms with Gasteiger partial charge in [-0.2, -0.15) is 0 Å². The molecule has 8 nitrogen and oxygen atoms in total. The van der Waals surface area contributed by atoms with Gasteiger partial charge in [-0.25, -0.2) is 4.79 Å². The molecule has 2 atom stereocenters. The number of anilines is 1. The topological polar surface area (TPSA) is 123 Å². The van der Waals surface area contributed by atoms with Crippen LogP contribution < -0.4 is 21.4 Å². The lowest BCUT2D eigenvalue weighted by Gasteiger charge is -2.17. The summed E-state index contributed by atoms with van der Waals surface area (Å²) in [5.41, 5.74) is 11.7. The van der Waals surface area contributed by atoms with E-state index in [1.165, 1.54) is 6.92 Å². The minimum Gasteiger partial charge on any atom is -0.438 e. The predicted octanol–water partition coefficient (Wildman–Crippen LogP) is 0.940. The zero-order chi connectivity index (χ0) is 22.5. The van der Waals surface area contributed by atoms with E-state index >= 15 is 0 Å². The second-order valence-electron chi connectivity index (χ2n) is 8.73. The molecule has 1 spiro atoms. The van der Waals surface area contributed by atoms with Crippen LogP contribution in [0.15, 0.2) is 48.4 Å². The lowest BCUT2D eigenvalue weighted by Crippen LogP contribution is -2.42. The van der Waals surface area contributed by atoms with Gasteiger partial charge in [-0.1, -0.05) is 6.07 Å². The SMILES string of the molecule is CC(=O)NC1CC12CN(c1ccc3c(c1)CCCC(N)=C3C(=[NH2+])c1cccnc1)C(=O)O2. The maximum absolute atomic E-state index is 12.6. The summed E-state index contributed by atoms with van der Waals surface area (Å²) in [4.78, 5) is 29.8. The average molecular weight is 433 g/mol. The number of ether oxygens (including phenoxy) is 1. The molecule has 2 aliphatic carbocycles. The molecule has 0 bridgehead atoms. The number of hydrogen-bond acceptors (Lipinski definition) is 5. The minimum absolute atomic E-state index is 0.120. The van der Waals surface area contributed by atoms with Crippen LogP contribution in [0.5, 0.6) is 0 Å². The number of nitrogens with two attached hydrogens (primary N) is 2. The second-order valence-corrected chi connectivity index (χ2v) is 8.73. The molecule has 2 unspecified atom stereocenters. The Morgan fingerprint density at radius 2 is 2.19 bits per heavy atom. The molecule has 5 rings (SSSR count). The van der Waals surface area contributed by atoms with Crippen molar-refractivity contribution in [2.75, 3.05) is 11.4 Å². The van der Waals surface area contributed by atoms with Gasteiger partial charge in [0.2, 0.25) is 11.6 Å². The summed E-state index contributed by atoms with van der Waals surface area (Å²) in [6, 6.07) is 9.56. The van der Waals surface area contributed by atoms with Crippen LogP contribution in [0.25, 0.3) is 5.57 Å². The van der Waals surface area contributed by atoms with E-state index < -0.39 is 5.60 Å². The maximum atomic E-state index is 12.6. The fourth-order valence-electron chi connectivity index (χ4n) is 4.74. The normalized spacial score (nSPS) is 24.1. The van der Waals surface area contributed by atoms with E-state index in [4.69, 9.17) is 15.9 Å². The summed E-state index contributed by atoms with van der Waals surface area (Å²) in [5.74, 6) is -0.120. The number of hydrogen-bond donors (Lipinski definition) is 3. The van der Waals surface area contributed by atoms with Crippen LogP contribution in [-0.2, 0) is 16.0 Å². The highest BCUT2D eigenvalue weighted by Gasteiger charge is 2.64. The van der Waals surface area contributed by atoms with Gasteiger partial charge in [0.05, 0.1) is 23.7 Å². The Hall–Kier alpha value is -3.68. The van der Waals surface area contributed by atoms with E-state index in [-0.39, 0.29) is 18.0 Å². The summed E-state index contributed by atoms with van der Waals surface area (Å²) in [6.07, 6.45) is 6.16. The first-order valence-corrected chi connectivity index (χ1v) is 10.8. The zero-order valence-corrected chi connectivity index (χ0v) is 17.9. The summed E-state index contributed by atoms with van der Waals surface area (Å²) in [5, 5.41) is 9.40. The molecule has 32 heavy (non-hydrogen) atoms. The summed E-state index contributed by atoms with van der Waals surface area (Å²) in [7, 11) is 0. The number of aryl methyl sites for hydroxylation is 1. The van der Waals surface area contributed by atoms with Crippen molar-refractivity contribution < 1.29 is 19.7 Å². The number of nitrogens with one attached hydrogen (secondary N) is 1. The number of carbonyl (C=O) groups excluding carboxylic acids is 2. The van der Waals surface area contributed by atoms with Crippen molar-refractivity contribution in [3.8, 4) is 0 Å². The lowest BCUT2D eigenvalue weighted by atomic mass is 9.91. The average Bonchev–Trinajstić information content (AvgIpc) is 3.35. The van der Waals surface area contributed by atoms with Crippen LogP contribution in [0.1, 0.15) is 42.9 Å². The van der Waals surface area contributed by atoms with Crippen LogP contribution in [0.3, 0.4) is 0 Å². The molecule has 164 valence electrons. The highest BCUT2D eigenvalue weighted by Crippen LogP contribution is 2.46. The Labute approximate surface area is 186 Å². The Balaban J connectivity index is 1.45. The molecule has 1 aromatic heterocycles. The van der Waals surface area contributed by atoms with Crippen molar-refractivity contribution in [3.05, 3.63) is 65.1 Å². The van der Waals surface area contributed by atoms with Crippen molar-refractivity contribution in [2.45, 2.75) is 44.2 Å². The van der Waals surface area contributed by atoms with Crippen molar-refractivity contribution in [1.82, 2.24) is 10.3 Å². The molecule has 5 N–H and O–H groups in total. The fraction of sp³-hybridized carbons (Fsp3) is 0.333. The monoisotopic (exact) mass is 432 g/mol. The molecule has 1 saturated carbocycles. The van der Waals surface area contributed by atoms with Crippen LogP contribution >= 0.6 is 0 Å². The third-order valence-electron chi connectivity index (χ3n) is 6.46. The van der Waals surface area contributed by atoms with Crippen LogP contribution in [0.4, 0.5) is 10.5 Å². The lowest BCUT2D eigenvalue weighted by molar-refractivity contribution is -0.119. The summed E-state index contributed by atoms with van der Waals surface area (Å²) < 4.78 is 5.66. The number of fused-ring (bicyclic) bond motifs is 1. The highest BCUT2D eigenvalue weighted by molar-refractivity contribution is 6.29. The van der Waals surface area contributed by atoms with Gasteiger partial charge in [-0.3, -0.25) is 20.1 Å². The molecule has 8 heteroatoms. The van der Waals surface area contributed by atoms with E-state index in [1.807, 2.05) is 30.3 Å². The van der Waals surface area contributed by atoms with Gasteiger partial charge in [-0.15, -0.1) is 0 Å². The molecular weight excluding hydrogens is 406 g/mol. The molecule has 2 amide bonds. The zero-order valence-electron chi connectivity index (χ0n) is 17.9. The Kier molecular flexibility index (Phi) is 4.73. The van der Waals surface area contributed by atoms with Gasteiger partial charge in [-0.05, 0) is 54.7 Å². The summed E-state index contributed by atoms with van der Waals surface area (Å²) >= 11 is 0. The van der Waals surface area contributed by atoms with Crippen LogP contribution in [-0.4, -0.2) is 40.9 Å². The molecule has 0 radical (unpaired) electrons. The minimum atomic E-state index is -0.621. The molecule has 2 heterocycles. The number of nitrogens with zero attached hydrogens (tertiary/aromatic N) is 2. The number of pyridine rings is 1. The maximum Gasteiger partial charge on any atom is 0.415 e.